The van der Waals surface area contributed by atoms with Gasteiger partial charge < -0.3 is 4.74 Å². The molecule has 4 heteroatoms. The van der Waals surface area contributed by atoms with Crippen LogP contribution in [0.25, 0.3) is 0 Å². The average molecular weight is 357 g/mol. The molecule has 2 unspecified atom stereocenters. The van der Waals surface area contributed by atoms with Crippen LogP contribution in [0.5, 0.6) is 0 Å². The van der Waals surface area contributed by atoms with E-state index in [-0.39, 0.29) is 12.1 Å². The van der Waals surface area contributed by atoms with Gasteiger partial charge >= 0.3 is 5.97 Å². The highest BCUT2D eigenvalue weighted by atomic mass is 33.2. The normalized spacial score (nSPS) is 25.0. The van der Waals surface area contributed by atoms with Crippen LogP contribution < -0.4 is 0 Å². The van der Waals surface area contributed by atoms with Gasteiger partial charge in [-0.3, -0.25) is 0 Å². The molecule has 0 saturated carbocycles. The summed E-state index contributed by atoms with van der Waals surface area (Å²) < 4.78 is 5.82. The molecule has 0 N–H and O–H groups in total. The molecule has 2 atom stereocenters. The van der Waals surface area contributed by atoms with Crippen molar-refractivity contribution in [1.29, 1.82) is 0 Å². The van der Waals surface area contributed by atoms with Crippen LogP contribution in [0.2, 0.25) is 0 Å². The van der Waals surface area contributed by atoms with E-state index in [4.69, 9.17) is 11.2 Å². The Labute approximate surface area is 148 Å². The summed E-state index contributed by atoms with van der Waals surface area (Å²) in [6.45, 7) is 0. The molecule has 0 aliphatic carbocycles. The van der Waals surface area contributed by atoms with E-state index in [0.717, 1.165) is 17.7 Å². The number of hydrogen-bond donors (Lipinski definition) is 0. The first-order chi connectivity index (χ1) is 11.6. The molecule has 1 aliphatic heterocycles. The van der Waals surface area contributed by atoms with Crippen molar-refractivity contribution in [3.8, 4) is 12.3 Å². The summed E-state index contributed by atoms with van der Waals surface area (Å²) in [5, 5.41) is 0. The predicted molar refractivity (Wildman–Crippen MR) is 104 cm³/mol. The molecular weight excluding hydrogens is 336 g/mol. The van der Waals surface area contributed by atoms with Gasteiger partial charge in [0.2, 0.25) is 0 Å². The lowest BCUT2D eigenvalue weighted by atomic mass is 10.1. The van der Waals surface area contributed by atoms with Crippen molar-refractivity contribution >= 4 is 25.8 Å². The van der Waals surface area contributed by atoms with E-state index in [1.54, 1.807) is 12.1 Å². The molecule has 1 heterocycles. The molecule has 2 aromatic carbocycles. The molecule has 2 aromatic rings. The molecular formula is C20H20O2S2. The number of rotatable bonds is 3. The van der Waals surface area contributed by atoms with Crippen LogP contribution in [-0.2, 0) is 11.2 Å². The molecule has 0 amide bonds. The van der Waals surface area contributed by atoms with E-state index >= 15 is 0 Å². The monoisotopic (exact) mass is 356 g/mol. The maximum Gasteiger partial charge on any atom is 0.338 e. The molecule has 124 valence electrons. The molecule has 24 heavy (non-hydrogen) atoms. The average Bonchev–Trinajstić information content (AvgIpc) is 2.62. The van der Waals surface area contributed by atoms with Crippen molar-refractivity contribution in [3.63, 3.8) is 0 Å². The highest BCUT2D eigenvalue weighted by molar-refractivity contribution is 8.93. The van der Waals surface area contributed by atoms with Crippen molar-refractivity contribution < 1.29 is 9.53 Å². The van der Waals surface area contributed by atoms with Gasteiger partial charge in [0.15, 0.2) is 0 Å². The van der Waals surface area contributed by atoms with Crippen LogP contribution >= 0.6 is 19.9 Å². The Hall–Kier alpha value is -1.83. The second kappa shape index (κ2) is 6.96. The lowest BCUT2D eigenvalue weighted by Gasteiger charge is -2.42. The molecule has 0 saturated heterocycles. The smallest absolute Gasteiger partial charge is 0.338 e. The Morgan fingerprint density at radius 3 is 2.71 bits per heavy atom. The fourth-order valence-electron chi connectivity index (χ4n) is 2.99. The van der Waals surface area contributed by atoms with E-state index in [1.165, 1.54) is 10.5 Å². The summed E-state index contributed by atoms with van der Waals surface area (Å²) in [6, 6.07) is 15.4. The van der Waals surface area contributed by atoms with E-state index < -0.39 is 9.06 Å². The van der Waals surface area contributed by atoms with Crippen molar-refractivity contribution in [1.82, 2.24) is 0 Å². The third-order valence-corrected chi connectivity index (χ3v) is 10.5. The second-order valence-electron chi connectivity index (χ2n) is 5.90. The summed E-state index contributed by atoms with van der Waals surface area (Å²) in [5.74, 6) is 3.35. The van der Waals surface area contributed by atoms with E-state index in [1.807, 2.05) is 35.1 Å². The third kappa shape index (κ3) is 3.33. The van der Waals surface area contributed by atoms with Gasteiger partial charge in [0.1, 0.15) is 6.10 Å². The van der Waals surface area contributed by atoms with Gasteiger partial charge in [0.05, 0.1) is 5.56 Å². The highest BCUT2D eigenvalue weighted by Crippen LogP contribution is 2.65. The Bertz CT molecular complexity index is 795. The van der Waals surface area contributed by atoms with E-state index in [0.29, 0.717) is 5.56 Å². The van der Waals surface area contributed by atoms with E-state index in [9.17, 15) is 4.79 Å². The first kappa shape index (κ1) is 17.0. The molecule has 0 radical (unpaired) electrons. The Morgan fingerprint density at radius 1 is 1.29 bits per heavy atom. The number of carbonyl (C=O) groups excluding carboxylic acids is 1. The van der Waals surface area contributed by atoms with Crippen molar-refractivity contribution in [2.75, 3.05) is 18.3 Å². The molecule has 2 nitrogen and oxygen atoms in total. The van der Waals surface area contributed by atoms with E-state index in [2.05, 4.69) is 30.6 Å². The molecule has 0 bridgehead atoms. The number of ether oxygens (including phenoxy) is 1. The van der Waals surface area contributed by atoms with Crippen LogP contribution in [0.1, 0.15) is 21.5 Å². The van der Waals surface area contributed by atoms with Crippen molar-refractivity contribution in [2.24, 2.45) is 0 Å². The highest BCUT2D eigenvalue weighted by Gasteiger charge is 2.34. The zero-order valence-corrected chi connectivity index (χ0v) is 15.5. The standard InChI is InChI=1S/C20H20O2S2/c1-4-15-10-11-17-13-18(14-24(3,23-2)19(17)12-15)22-20(21)16-8-6-5-7-9-16/h1,5-12,18H,13-14H2,2-3H3. The van der Waals surface area contributed by atoms with Gasteiger partial charge in [-0.2, -0.15) is 9.06 Å². The van der Waals surface area contributed by atoms with Crippen LogP contribution in [0.3, 0.4) is 0 Å². The minimum absolute atomic E-state index is 0.0886. The van der Waals surface area contributed by atoms with Crippen LogP contribution in [0, 0.1) is 12.3 Å². The number of benzene rings is 2. The number of terminal acetylenes is 1. The van der Waals surface area contributed by atoms with Gasteiger partial charge in [-0.05, 0) is 42.3 Å². The fraction of sp³-hybridized carbons (Fsp3) is 0.250. The summed E-state index contributed by atoms with van der Waals surface area (Å²) in [4.78, 5) is 13.7. The lowest BCUT2D eigenvalue weighted by Crippen LogP contribution is -2.31. The first-order valence-electron chi connectivity index (χ1n) is 7.73. The summed E-state index contributed by atoms with van der Waals surface area (Å²) in [7, 11) is 0.757. The molecule has 3 rings (SSSR count). The molecule has 1 aliphatic rings. The maximum atomic E-state index is 12.4. The zero-order valence-electron chi connectivity index (χ0n) is 13.8. The number of esters is 1. The van der Waals surface area contributed by atoms with Gasteiger partial charge in [-0.1, -0.05) is 30.2 Å². The Morgan fingerprint density at radius 2 is 2.04 bits per heavy atom. The van der Waals surface area contributed by atoms with Gasteiger partial charge in [0, 0.05) is 22.6 Å². The topological polar surface area (TPSA) is 26.3 Å². The minimum atomic E-state index is -1.10. The maximum absolute atomic E-state index is 12.4. The quantitative estimate of drug-likeness (QED) is 0.459. The number of carbonyl (C=O) groups is 1. The van der Waals surface area contributed by atoms with Crippen LogP contribution in [-0.4, -0.2) is 30.3 Å². The van der Waals surface area contributed by atoms with Gasteiger partial charge in [-0.25, -0.2) is 4.79 Å². The van der Waals surface area contributed by atoms with Gasteiger partial charge in [0.25, 0.3) is 0 Å². The Balaban J connectivity index is 1.86. The van der Waals surface area contributed by atoms with Crippen molar-refractivity contribution in [2.45, 2.75) is 17.4 Å². The minimum Gasteiger partial charge on any atom is -0.458 e. The summed E-state index contributed by atoms with van der Waals surface area (Å²) >= 11 is 0. The van der Waals surface area contributed by atoms with Crippen molar-refractivity contribution in [3.05, 3.63) is 65.2 Å². The Kier molecular flexibility index (Phi) is 4.93. The largest absolute Gasteiger partial charge is 0.458 e. The molecule has 0 fully saturated rings. The predicted octanol–water partition coefficient (Wildman–Crippen LogP) is 4.52. The third-order valence-electron chi connectivity index (χ3n) is 4.30. The second-order valence-corrected chi connectivity index (χ2v) is 12.2. The summed E-state index contributed by atoms with van der Waals surface area (Å²) in [6.07, 6.45) is 10.6. The molecule has 0 spiro atoms. The number of hydrogen-bond acceptors (Lipinski definition) is 3. The van der Waals surface area contributed by atoms with Gasteiger partial charge in [-0.15, -0.1) is 17.2 Å². The fourth-order valence-corrected chi connectivity index (χ4v) is 7.33. The first-order valence-corrected chi connectivity index (χ1v) is 11.7. The lowest BCUT2D eigenvalue weighted by molar-refractivity contribution is 0.0347. The molecule has 0 aromatic heterocycles. The number of fused-ring (bicyclic) bond motifs is 1. The van der Waals surface area contributed by atoms with Crippen LogP contribution in [0.4, 0.5) is 0 Å². The zero-order chi connectivity index (χ0) is 17.2. The SMILES string of the molecule is C#Cc1ccc2c(c1)S(C)(SC)CC(OC(=O)c1ccccc1)C2. The summed E-state index contributed by atoms with van der Waals surface area (Å²) in [5.41, 5.74) is 2.77. The van der Waals surface area contributed by atoms with Crippen LogP contribution in [0.15, 0.2) is 53.4 Å².